The number of halogens is 1. The maximum atomic E-state index is 13.4. The van der Waals surface area contributed by atoms with Crippen LogP contribution in [0.15, 0.2) is 36.7 Å². The summed E-state index contributed by atoms with van der Waals surface area (Å²) in [4.78, 5) is 15.6. The van der Waals surface area contributed by atoms with Crippen LogP contribution in [0.3, 0.4) is 0 Å². The molecule has 0 radical (unpaired) electrons. The number of carbonyl (C=O) groups excluding carboxylic acids is 1. The van der Waals surface area contributed by atoms with Crippen LogP contribution in [0.2, 0.25) is 0 Å². The molecule has 0 unspecified atom stereocenters. The lowest BCUT2D eigenvalue weighted by atomic mass is 10.1. The van der Waals surface area contributed by atoms with Crippen LogP contribution in [0.25, 0.3) is 0 Å². The molecule has 0 fully saturated rings. The van der Waals surface area contributed by atoms with E-state index in [1.54, 1.807) is 25.1 Å². The van der Waals surface area contributed by atoms with Crippen molar-refractivity contribution >= 4 is 17.3 Å². The van der Waals surface area contributed by atoms with Crippen LogP contribution in [-0.4, -0.2) is 10.9 Å². The van der Waals surface area contributed by atoms with Crippen molar-refractivity contribution in [2.75, 3.05) is 11.1 Å². The quantitative estimate of drug-likeness (QED) is 0.798. The minimum absolute atomic E-state index is 0.0812. The highest BCUT2D eigenvalue weighted by molar-refractivity contribution is 6.08. The SMILES string of the molecule is Cc1cccc(N)c1C(=O)Nc1ccncc1F. The Bertz CT molecular complexity index is 578. The summed E-state index contributed by atoms with van der Waals surface area (Å²) in [7, 11) is 0. The highest BCUT2D eigenvalue weighted by Gasteiger charge is 2.14. The topological polar surface area (TPSA) is 68.0 Å². The summed E-state index contributed by atoms with van der Waals surface area (Å²) in [5, 5.41) is 2.47. The van der Waals surface area contributed by atoms with Crippen LogP contribution in [0, 0.1) is 12.7 Å². The van der Waals surface area contributed by atoms with Gasteiger partial charge in [-0.15, -0.1) is 0 Å². The molecule has 18 heavy (non-hydrogen) atoms. The van der Waals surface area contributed by atoms with Gasteiger partial charge in [0.25, 0.3) is 5.91 Å². The van der Waals surface area contributed by atoms with E-state index < -0.39 is 11.7 Å². The van der Waals surface area contributed by atoms with Crippen molar-refractivity contribution < 1.29 is 9.18 Å². The van der Waals surface area contributed by atoms with E-state index in [0.29, 0.717) is 11.3 Å². The van der Waals surface area contributed by atoms with E-state index in [4.69, 9.17) is 5.73 Å². The molecular weight excluding hydrogens is 233 g/mol. The number of anilines is 2. The fourth-order valence-electron chi connectivity index (χ4n) is 1.66. The first kappa shape index (κ1) is 12.0. The number of aryl methyl sites for hydroxylation is 1. The van der Waals surface area contributed by atoms with E-state index in [1.165, 1.54) is 12.3 Å². The molecule has 1 heterocycles. The van der Waals surface area contributed by atoms with Gasteiger partial charge in [-0.3, -0.25) is 9.78 Å². The van der Waals surface area contributed by atoms with Crippen LogP contribution < -0.4 is 11.1 Å². The lowest BCUT2D eigenvalue weighted by Crippen LogP contribution is -2.16. The van der Waals surface area contributed by atoms with Gasteiger partial charge in [0.1, 0.15) is 0 Å². The molecule has 5 heteroatoms. The molecule has 4 nitrogen and oxygen atoms in total. The van der Waals surface area contributed by atoms with Crippen LogP contribution in [-0.2, 0) is 0 Å². The third kappa shape index (κ3) is 2.29. The average Bonchev–Trinajstić information content (AvgIpc) is 2.32. The number of hydrogen-bond acceptors (Lipinski definition) is 3. The molecule has 0 bridgehead atoms. The number of benzene rings is 1. The van der Waals surface area contributed by atoms with Crippen LogP contribution in [0.1, 0.15) is 15.9 Å². The Morgan fingerprint density at radius 1 is 1.39 bits per heavy atom. The van der Waals surface area contributed by atoms with Gasteiger partial charge in [0, 0.05) is 11.9 Å². The molecule has 0 atom stereocenters. The van der Waals surface area contributed by atoms with Crippen molar-refractivity contribution in [2.24, 2.45) is 0 Å². The number of hydrogen-bond donors (Lipinski definition) is 2. The normalized spacial score (nSPS) is 10.1. The lowest BCUT2D eigenvalue weighted by molar-refractivity contribution is 0.102. The first-order valence-corrected chi connectivity index (χ1v) is 5.35. The van der Waals surface area contributed by atoms with E-state index in [9.17, 15) is 9.18 Å². The van der Waals surface area contributed by atoms with Crippen LogP contribution in [0.5, 0.6) is 0 Å². The zero-order valence-electron chi connectivity index (χ0n) is 9.77. The van der Waals surface area contributed by atoms with E-state index in [2.05, 4.69) is 10.3 Å². The Kier molecular flexibility index (Phi) is 3.23. The standard InChI is InChI=1S/C13H12FN3O/c1-8-3-2-4-10(15)12(8)13(18)17-11-5-6-16-7-9(11)14/h2-7H,15H2,1H3,(H,16,17,18). The molecule has 2 aromatic rings. The smallest absolute Gasteiger partial charge is 0.258 e. The Morgan fingerprint density at radius 2 is 2.17 bits per heavy atom. The molecule has 3 N–H and O–H groups in total. The van der Waals surface area contributed by atoms with Gasteiger partial charge in [0.2, 0.25) is 0 Å². The second kappa shape index (κ2) is 4.83. The number of nitrogens with two attached hydrogens (primary N) is 1. The zero-order valence-corrected chi connectivity index (χ0v) is 9.77. The first-order chi connectivity index (χ1) is 8.59. The maximum absolute atomic E-state index is 13.4. The number of aromatic nitrogens is 1. The number of carbonyl (C=O) groups is 1. The minimum Gasteiger partial charge on any atom is -0.398 e. The van der Waals surface area contributed by atoms with Gasteiger partial charge in [-0.25, -0.2) is 4.39 Å². The van der Waals surface area contributed by atoms with Gasteiger partial charge < -0.3 is 11.1 Å². The molecule has 1 amide bonds. The summed E-state index contributed by atoms with van der Waals surface area (Å²) < 4.78 is 13.4. The molecule has 0 aliphatic heterocycles. The Morgan fingerprint density at radius 3 is 2.83 bits per heavy atom. The molecule has 92 valence electrons. The molecule has 0 saturated carbocycles. The van der Waals surface area contributed by atoms with Crippen molar-refractivity contribution in [2.45, 2.75) is 6.92 Å². The zero-order chi connectivity index (χ0) is 13.1. The minimum atomic E-state index is -0.585. The van der Waals surface area contributed by atoms with Gasteiger partial charge in [-0.05, 0) is 24.6 Å². The Labute approximate surface area is 104 Å². The van der Waals surface area contributed by atoms with Crippen molar-refractivity contribution in [3.05, 3.63) is 53.6 Å². The van der Waals surface area contributed by atoms with Gasteiger partial charge in [0.05, 0.1) is 17.4 Å². The van der Waals surface area contributed by atoms with E-state index >= 15 is 0 Å². The van der Waals surface area contributed by atoms with Gasteiger partial charge >= 0.3 is 0 Å². The number of nitrogens with zero attached hydrogens (tertiary/aromatic N) is 1. The fourth-order valence-corrected chi connectivity index (χ4v) is 1.66. The predicted molar refractivity (Wildman–Crippen MR) is 67.7 cm³/mol. The monoisotopic (exact) mass is 245 g/mol. The molecule has 0 aliphatic carbocycles. The second-order valence-electron chi connectivity index (χ2n) is 3.85. The fraction of sp³-hybridized carbons (Fsp3) is 0.0769. The molecular formula is C13H12FN3O. The second-order valence-corrected chi connectivity index (χ2v) is 3.85. The highest BCUT2D eigenvalue weighted by atomic mass is 19.1. The molecule has 0 spiro atoms. The number of nitrogen functional groups attached to an aromatic ring is 1. The van der Waals surface area contributed by atoms with Crippen LogP contribution in [0.4, 0.5) is 15.8 Å². The van der Waals surface area contributed by atoms with Crippen molar-refractivity contribution in [1.82, 2.24) is 4.98 Å². The average molecular weight is 245 g/mol. The summed E-state index contributed by atoms with van der Waals surface area (Å²) >= 11 is 0. The number of pyridine rings is 1. The van der Waals surface area contributed by atoms with Gasteiger partial charge in [0.15, 0.2) is 5.82 Å². The van der Waals surface area contributed by atoms with E-state index in [-0.39, 0.29) is 5.69 Å². The lowest BCUT2D eigenvalue weighted by Gasteiger charge is -2.10. The molecule has 2 rings (SSSR count). The summed E-state index contributed by atoms with van der Waals surface area (Å²) in [5.74, 6) is -1.02. The third-order valence-corrected chi connectivity index (χ3v) is 2.55. The van der Waals surface area contributed by atoms with E-state index in [0.717, 1.165) is 11.8 Å². The molecule has 1 aromatic heterocycles. The van der Waals surface area contributed by atoms with Gasteiger partial charge in [-0.2, -0.15) is 0 Å². The first-order valence-electron chi connectivity index (χ1n) is 5.35. The van der Waals surface area contributed by atoms with Crippen molar-refractivity contribution in [3.8, 4) is 0 Å². The number of rotatable bonds is 2. The Hall–Kier alpha value is -2.43. The largest absolute Gasteiger partial charge is 0.398 e. The molecule has 1 aromatic carbocycles. The van der Waals surface area contributed by atoms with Crippen molar-refractivity contribution in [1.29, 1.82) is 0 Å². The van der Waals surface area contributed by atoms with Crippen molar-refractivity contribution in [3.63, 3.8) is 0 Å². The molecule has 0 aliphatic rings. The predicted octanol–water partition coefficient (Wildman–Crippen LogP) is 2.36. The summed E-state index contributed by atoms with van der Waals surface area (Å²) in [6.07, 6.45) is 2.44. The maximum Gasteiger partial charge on any atom is 0.258 e. The van der Waals surface area contributed by atoms with Crippen LogP contribution >= 0.6 is 0 Å². The summed E-state index contributed by atoms with van der Waals surface area (Å²) in [5.41, 5.74) is 7.28. The van der Waals surface area contributed by atoms with E-state index in [1.807, 2.05) is 0 Å². The molecule has 0 saturated heterocycles. The third-order valence-electron chi connectivity index (χ3n) is 2.55. The Balaban J connectivity index is 2.31. The summed E-state index contributed by atoms with van der Waals surface area (Å²) in [6, 6.07) is 6.55. The van der Waals surface area contributed by atoms with Gasteiger partial charge in [-0.1, -0.05) is 12.1 Å². The summed E-state index contributed by atoms with van der Waals surface area (Å²) in [6.45, 7) is 1.77. The number of amides is 1. The number of nitrogens with one attached hydrogen (secondary N) is 1. The highest BCUT2D eigenvalue weighted by Crippen LogP contribution is 2.19.